The highest BCUT2D eigenvalue weighted by atomic mass is 31.2. The monoisotopic (exact) mass is 1120 g/mol. The van der Waals surface area contributed by atoms with Crippen LogP contribution in [0.5, 0.6) is 17.2 Å². The topological polar surface area (TPSA) is 120 Å². The summed E-state index contributed by atoms with van der Waals surface area (Å²) in [5.41, 5.74) is 17.6. The van der Waals surface area contributed by atoms with E-state index in [0.717, 1.165) is 139 Å². The molecule has 6 saturated heterocycles. The van der Waals surface area contributed by atoms with Gasteiger partial charge in [0.15, 0.2) is 0 Å². The van der Waals surface area contributed by atoms with Gasteiger partial charge in [-0.15, -0.1) is 0 Å². The lowest BCUT2D eigenvalue weighted by Crippen LogP contribution is -2.11. The molecule has 416 valence electrons. The average molecular weight is 1120 g/mol. The third-order valence-corrected chi connectivity index (χ3v) is 17.9. The van der Waals surface area contributed by atoms with Gasteiger partial charge in [0.2, 0.25) is 0 Å². The lowest BCUT2D eigenvalue weighted by molar-refractivity contribution is 0.299. The van der Waals surface area contributed by atoms with Gasteiger partial charge in [0, 0.05) is 55.2 Å². The molecule has 0 aromatic heterocycles. The smallest absolute Gasteiger partial charge is 0.385 e. The van der Waals surface area contributed by atoms with E-state index in [9.17, 15) is 0 Å². The van der Waals surface area contributed by atoms with Crippen LogP contribution in [0.2, 0.25) is 0 Å². The van der Waals surface area contributed by atoms with Crippen molar-refractivity contribution in [2.24, 2.45) is 0 Å². The molecule has 9 aromatic rings. The van der Waals surface area contributed by atoms with Gasteiger partial charge in [0.1, 0.15) is 17.2 Å². The van der Waals surface area contributed by atoms with Crippen molar-refractivity contribution in [2.45, 2.75) is 75.1 Å². The van der Waals surface area contributed by atoms with Crippen molar-refractivity contribution < 1.29 is 46.6 Å². The number of phosphoric acid groups is 1. The zero-order valence-electron chi connectivity index (χ0n) is 46.0. The summed E-state index contributed by atoms with van der Waals surface area (Å²) in [6, 6.07) is 68.6. The van der Waals surface area contributed by atoms with Gasteiger partial charge >= 0.3 is 7.82 Å². The van der Waals surface area contributed by atoms with Crippen molar-refractivity contribution >= 4 is 7.82 Å². The van der Waals surface area contributed by atoms with Crippen LogP contribution >= 0.6 is 7.82 Å². The van der Waals surface area contributed by atoms with Crippen molar-refractivity contribution in [3.8, 4) is 84.0 Å². The Balaban J connectivity index is 0.956. The number of ether oxygens (including phenoxy) is 6. The Morgan fingerprint density at radius 1 is 0.265 bits per heavy atom. The van der Waals surface area contributed by atoms with Crippen LogP contribution in [-0.4, -0.2) is 76.3 Å². The first-order valence-electron chi connectivity index (χ1n) is 29.2. The average Bonchev–Trinajstić information content (AvgIpc) is 4.12. The normalized spacial score (nSPS) is 21.3. The summed E-state index contributed by atoms with van der Waals surface area (Å²) in [6.07, 6.45) is 5.02. The first-order valence-corrected chi connectivity index (χ1v) is 30.7. The maximum absolute atomic E-state index is 17.5. The Kier molecular flexibility index (Phi) is 14.2. The van der Waals surface area contributed by atoms with Crippen molar-refractivity contribution in [2.75, 3.05) is 39.6 Å². The van der Waals surface area contributed by atoms with Gasteiger partial charge < -0.3 is 42.0 Å². The van der Waals surface area contributed by atoms with Crippen LogP contribution in [-0.2, 0) is 71.5 Å². The van der Waals surface area contributed by atoms with E-state index in [1.165, 1.54) is 0 Å². The first-order chi connectivity index (χ1) is 40.9. The highest BCUT2D eigenvalue weighted by Crippen LogP contribution is 2.58. The van der Waals surface area contributed by atoms with Crippen molar-refractivity contribution in [3.05, 3.63) is 234 Å². The zero-order chi connectivity index (χ0) is 55.3. The quantitative estimate of drug-likeness (QED) is 0.0427. The molecule has 0 N–H and O–H groups in total. The molecule has 0 radical (unpaired) electrons. The Bertz CT molecular complexity index is 3520. The second-order valence-electron chi connectivity index (χ2n) is 22.7. The van der Waals surface area contributed by atoms with Gasteiger partial charge in [-0.05, 0) is 102 Å². The molecule has 15 rings (SSSR count). The van der Waals surface area contributed by atoms with E-state index in [1.807, 2.05) is 54.6 Å². The number of benzene rings is 9. The molecule has 83 heavy (non-hydrogen) atoms. The molecule has 0 saturated carbocycles. The SMILES string of the molecule is O=P(Oc1cccc(-c2ccccc2CC2CO2)c1-c1ccccc1CC1CO1)(Oc1cccc(-c2ccccc2CC2CO2)c1-c1ccccc1CC1CO1)Oc1cccc(-c2ccccc2CC2CO2)c1-c1ccccc1CC1CO1. The molecule has 6 aliphatic heterocycles. The number of phosphoric ester groups is 1. The molecule has 0 aliphatic carbocycles. The van der Waals surface area contributed by atoms with E-state index in [-0.39, 0.29) is 36.6 Å². The maximum atomic E-state index is 17.5. The Morgan fingerprint density at radius 2 is 0.458 bits per heavy atom. The lowest BCUT2D eigenvalue weighted by Gasteiger charge is -2.27. The molecule has 0 spiro atoms. The van der Waals surface area contributed by atoms with Crippen LogP contribution in [0.25, 0.3) is 66.8 Å². The van der Waals surface area contributed by atoms with E-state index in [1.54, 1.807) is 0 Å². The molecule has 10 nitrogen and oxygen atoms in total. The number of hydrogen-bond donors (Lipinski definition) is 0. The van der Waals surface area contributed by atoms with Gasteiger partial charge in [0.05, 0.1) is 76.3 Å². The van der Waals surface area contributed by atoms with Crippen molar-refractivity contribution in [1.82, 2.24) is 0 Å². The fraction of sp³-hybridized carbons (Fsp3) is 0.250. The highest BCUT2D eigenvalue weighted by Gasteiger charge is 2.40. The molecule has 6 fully saturated rings. The summed E-state index contributed by atoms with van der Waals surface area (Å²) >= 11 is 0. The number of rotatable bonds is 24. The van der Waals surface area contributed by atoms with Crippen LogP contribution in [0, 0.1) is 0 Å². The van der Waals surface area contributed by atoms with Crippen LogP contribution in [0.3, 0.4) is 0 Å². The van der Waals surface area contributed by atoms with Crippen LogP contribution in [0.15, 0.2) is 200 Å². The molecule has 6 aliphatic rings. The third kappa shape index (κ3) is 11.8. The predicted octanol–water partition coefficient (Wildman–Crippen LogP) is 15.0. The largest absolute Gasteiger partial charge is 0.647 e. The molecule has 6 heterocycles. The molecule has 6 unspecified atom stereocenters. The zero-order valence-corrected chi connectivity index (χ0v) is 46.9. The fourth-order valence-electron chi connectivity index (χ4n) is 12.0. The molecular weight excluding hydrogens is 1060 g/mol. The summed E-state index contributed by atoms with van der Waals surface area (Å²) in [7, 11) is -4.96. The van der Waals surface area contributed by atoms with Crippen molar-refractivity contribution in [3.63, 3.8) is 0 Å². The fourth-order valence-corrected chi connectivity index (χ4v) is 13.3. The molecule has 11 heteroatoms. The van der Waals surface area contributed by atoms with E-state index in [2.05, 4.69) is 146 Å². The molecule has 0 amide bonds. The van der Waals surface area contributed by atoms with Gasteiger partial charge in [-0.3, -0.25) is 0 Å². The lowest BCUT2D eigenvalue weighted by atomic mass is 9.87. The summed E-state index contributed by atoms with van der Waals surface area (Å²) in [6.45, 7) is 4.23. The van der Waals surface area contributed by atoms with E-state index in [0.29, 0.717) is 56.3 Å². The molecule has 0 bridgehead atoms. The van der Waals surface area contributed by atoms with Gasteiger partial charge in [-0.2, -0.15) is 4.57 Å². The van der Waals surface area contributed by atoms with E-state index >= 15 is 4.57 Å². The molecular formula is C72H63O10P. The Morgan fingerprint density at radius 3 is 0.687 bits per heavy atom. The number of epoxide rings is 6. The summed E-state index contributed by atoms with van der Waals surface area (Å²) in [5.74, 6) is 1.01. The third-order valence-electron chi connectivity index (χ3n) is 16.6. The standard InChI is InChI=1S/C72H63O10P/c73-83(80-67-31-13-28-64(58-22-7-1-16-46(58)34-52-40-74-52)70(67)61-25-10-4-19-49(61)37-55-43-77-55,81-68-32-14-29-65(59-23-8-2-17-47(59)35-53-41-75-53)71(68)62-26-11-5-20-50(62)38-56-44-78-56)82-69-33-15-30-66(60-24-9-3-18-48(60)36-54-42-76-54)72(69)63-27-12-6-21-51(63)39-57-45-79-57/h1-33,52-57H,34-45H2. The minimum atomic E-state index is -4.96. The van der Waals surface area contributed by atoms with Gasteiger partial charge in [0.25, 0.3) is 0 Å². The Hall–Kier alpha value is -7.63. The van der Waals surface area contributed by atoms with Gasteiger partial charge in [-0.25, -0.2) is 0 Å². The van der Waals surface area contributed by atoms with Gasteiger partial charge in [-0.1, -0.05) is 182 Å². The summed E-state index contributed by atoms with van der Waals surface area (Å²) in [4.78, 5) is 0. The summed E-state index contributed by atoms with van der Waals surface area (Å²) in [5, 5.41) is 0. The van der Waals surface area contributed by atoms with Crippen LogP contribution in [0.4, 0.5) is 0 Å². The van der Waals surface area contributed by atoms with E-state index < -0.39 is 7.82 Å². The van der Waals surface area contributed by atoms with Crippen molar-refractivity contribution in [1.29, 1.82) is 0 Å². The second kappa shape index (κ2) is 22.5. The summed E-state index contributed by atoms with van der Waals surface area (Å²) < 4.78 is 74.8. The Labute approximate surface area is 484 Å². The number of hydrogen-bond acceptors (Lipinski definition) is 10. The molecule has 9 aromatic carbocycles. The predicted molar refractivity (Wildman–Crippen MR) is 322 cm³/mol. The maximum Gasteiger partial charge on any atom is 0.647 e. The highest BCUT2D eigenvalue weighted by molar-refractivity contribution is 7.49. The second-order valence-corrected chi connectivity index (χ2v) is 24.1. The first kappa shape index (κ1) is 52.2. The van der Waals surface area contributed by atoms with Crippen LogP contribution < -0.4 is 13.6 Å². The molecule has 6 atom stereocenters. The van der Waals surface area contributed by atoms with E-state index in [4.69, 9.17) is 42.0 Å². The van der Waals surface area contributed by atoms with Crippen LogP contribution in [0.1, 0.15) is 33.4 Å². The minimum absolute atomic E-state index is 0.0914. The minimum Gasteiger partial charge on any atom is -0.385 e.